The second-order valence-corrected chi connectivity index (χ2v) is 2.94. The number of nitrogens with two attached hydrogens (primary N) is 1. The van der Waals surface area contributed by atoms with Crippen molar-refractivity contribution in [2.75, 3.05) is 0 Å². The van der Waals surface area contributed by atoms with Crippen LogP contribution in [-0.2, 0) is 0 Å². The van der Waals surface area contributed by atoms with Gasteiger partial charge in [-0.2, -0.15) is 0 Å². The van der Waals surface area contributed by atoms with Gasteiger partial charge >= 0.3 is 0 Å². The molecule has 0 aromatic carbocycles. The van der Waals surface area contributed by atoms with Crippen molar-refractivity contribution in [1.82, 2.24) is 0 Å². The third-order valence-electron chi connectivity index (χ3n) is 1.08. The van der Waals surface area contributed by atoms with Crippen LogP contribution in [0.5, 0.6) is 0 Å². The summed E-state index contributed by atoms with van der Waals surface area (Å²) in [7, 11) is 0. The average Bonchev–Trinajstić information content (AvgIpc) is 1.59. The van der Waals surface area contributed by atoms with Gasteiger partial charge < -0.3 is 5.73 Å². The number of hydrogen-bond donors (Lipinski definition) is 1. The third kappa shape index (κ3) is 5.96. The van der Waals surface area contributed by atoms with Gasteiger partial charge in [0.25, 0.3) is 0 Å². The first kappa shape index (κ1) is 7.96. The topological polar surface area (TPSA) is 26.0 Å². The lowest BCUT2D eigenvalue weighted by Crippen LogP contribution is -2.31. The highest BCUT2D eigenvalue weighted by Crippen LogP contribution is 2.07. The lowest BCUT2D eigenvalue weighted by molar-refractivity contribution is 0.475. The molecule has 0 amide bonds. The second kappa shape index (κ2) is 3.08. The van der Waals surface area contributed by atoms with E-state index >= 15 is 0 Å². The van der Waals surface area contributed by atoms with Crippen molar-refractivity contribution in [3.8, 4) is 0 Å². The van der Waals surface area contributed by atoms with Crippen molar-refractivity contribution in [3.05, 3.63) is 6.42 Å². The summed E-state index contributed by atoms with van der Waals surface area (Å²) in [6.45, 7) is 6.17. The lowest BCUT2D eigenvalue weighted by atomic mass is 9.99. The van der Waals surface area contributed by atoms with Crippen LogP contribution in [0.4, 0.5) is 0 Å². The van der Waals surface area contributed by atoms with Gasteiger partial charge in [0.1, 0.15) is 0 Å². The van der Waals surface area contributed by atoms with Crippen molar-refractivity contribution in [2.24, 2.45) is 5.73 Å². The fourth-order valence-corrected chi connectivity index (χ4v) is 0.516. The monoisotopic (exact) mass is 114 g/mol. The first-order valence-electron chi connectivity index (χ1n) is 3.13. The van der Waals surface area contributed by atoms with Crippen molar-refractivity contribution < 1.29 is 0 Å². The molecule has 1 radical (unpaired) electrons. The summed E-state index contributed by atoms with van der Waals surface area (Å²) < 4.78 is 0. The molecule has 0 rings (SSSR count). The predicted octanol–water partition coefficient (Wildman–Crippen LogP) is 1.73. The highest BCUT2D eigenvalue weighted by Gasteiger charge is 2.07. The Kier molecular flexibility index (Phi) is 3.06. The minimum Gasteiger partial charge on any atom is -0.326 e. The van der Waals surface area contributed by atoms with Crippen LogP contribution in [0.15, 0.2) is 0 Å². The molecule has 0 aliphatic rings. The van der Waals surface area contributed by atoms with Gasteiger partial charge in [-0.05, 0) is 33.1 Å². The van der Waals surface area contributed by atoms with Gasteiger partial charge in [-0.3, -0.25) is 0 Å². The van der Waals surface area contributed by atoms with Gasteiger partial charge in [-0.1, -0.05) is 6.92 Å². The molecule has 2 N–H and O–H groups in total. The summed E-state index contributed by atoms with van der Waals surface area (Å²) in [6, 6.07) is 0. The van der Waals surface area contributed by atoms with Crippen LogP contribution < -0.4 is 5.73 Å². The van der Waals surface area contributed by atoms with Gasteiger partial charge in [0.2, 0.25) is 0 Å². The van der Waals surface area contributed by atoms with Gasteiger partial charge in [0.15, 0.2) is 0 Å². The summed E-state index contributed by atoms with van der Waals surface area (Å²) in [5.41, 5.74) is 5.72. The molecule has 8 heavy (non-hydrogen) atoms. The van der Waals surface area contributed by atoms with E-state index in [1.165, 1.54) is 0 Å². The molecule has 0 fully saturated rings. The molecule has 0 atom stereocenters. The molecule has 0 unspecified atom stereocenters. The van der Waals surface area contributed by atoms with Crippen LogP contribution in [-0.4, -0.2) is 5.54 Å². The van der Waals surface area contributed by atoms with Crippen molar-refractivity contribution in [2.45, 2.75) is 39.2 Å². The zero-order valence-electron chi connectivity index (χ0n) is 6.07. The first-order valence-corrected chi connectivity index (χ1v) is 3.13. The predicted molar refractivity (Wildman–Crippen MR) is 37.5 cm³/mol. The van der Waals surface area contributed by atoms with Gasteiger partial charge in [0, 0.05) is 5.54 Å². The zero-order chi connectivity index (χ0) is 6.62. The molecule has 0 aromatic rings. The Balaban J connectivity index is 3.11. The number of hydrogen-bond acceptors (Lipinski definition) is 1. The minimum atomic E-state index is 0.0203. The summed E-state index contributed by atoms with van der Waals surface area (Å²) in [6.07, 6.45) is 4.36. The van der Waals surface area contributed by atoms with E-state index in [1.807, 2.05) is 0 Å². The maximum Gasteiger partial charge on any atom is 0.00971 e. The third-order valence-corrected chi connectivity index (χ3v) is 1.08. The maximum atomic E-state index is 5.70. The highest BCUT2D eigenvalue weighted by molar-refractivity contribution is 4.73. The molecular formula is C7H16N. The van der Waals surface area contributed by atoms with E-state index in [2.05, 4.69) is 27.2 Å². The Hall–Kier alpha value is -0.0400. The minimum absolute atomic E-state index is 0.0203. The molecule has 0 aliphatic carbocycles. The zero-order valence-corrected chi connectivity index (χ0v) is 6.07. The molecule has 49 valence electrons. The Morgan fingerprint density at radius 1 is 1.50 bits per heavy atom. The molecule has 1 nitrogen and oxygen atoms in total. The van der Waals surface area contributed by atoms with Gasteiger partial charge in [-0.25, -0.2) is 0 Å². The van der Waals surface area contributed by atoms with Crippen molar-refractivity contribution in [1.29, 1.82) is 0 Å². The molecule has 0 aliphatic heterocycles. The van der Waals surface area contributed by atoms with Crippen molar-refractivity contribution in [3.63, 3.8) is 0 Å². The van der Waals surface area contributed by atoms with Crippen LogP contribution >= 0.6 is 0 Å². The summed E-state index contributed by atoms with van der Waals surface area (Å²) >= 11 is 0. The standard InChI is InChI=1S/C7H16N/c1-4-5-6-7(2,3)8/h4H,5-6,8H2,1-3H3. The van der Waals surface area contributed by atoms with E-state index in [0.717, 1.165) is 12.8 Å². The SMILES string of the molecule is C[CH]CCC(C)(C)N. The van der Waals surface area contributed by atoms with Crippen LogP contribution in [0.2, 0.25) is 0 Å². The highest BCUT2D eigenvalue weighted by atomic mass is 14.7. The summed E-state index contributed by atoms with van der Waals surface area (Å²) in [5, 5.41) is 0. The van der Waals surface area contributed by atoms with Gasteiger partial charge in [0.05, 0.1) is 0 Å². The fourth-order valence-electron chi connectivity index (χ4n) is 0.516. The van der Waals surface area contributed by atoms with Crippen molar-refractivity contribution >= 4 is 0 Å². The molecule has 0 heterocycles. The largest absolute Gasteiger partial charge is 0.326 e. The summed E-state index contributed by atoms with van der Waals surface area (Å²) in [5.74, 6) is 0. The smallest absolute Gasteiger partial charge is 0.00971 e. The number of unbranched alkanes of at least 4 members (excludes halogenated alkanes) is 1. The van der Waals surface area contributed by atoms with Crippen LogP contribution in [0.3, 0.4) is 0 Å². The normalized spacial score (nSPS) is 12.0. The van der Waals surface area contributed by atoms with E-state index in [9.17, 15) is 0 Å². The average molecular weight is 114 g/mol. The molecule has 1 heteroatoms. The van der Waals surface area contributed by atoms with Crippen LogP contribution in [0.1, 0.15) is 33.6 Å². The van der Waals surface area contributed by atoms with E-state index in [-0.39, 0.29) is 5.54 Å². The Morgan fingerprint density at radius 2 is 2.00 bits per heavy atom. The maximum absolute atomic E-state index is 5.70. The van der Waals surface area contributed by atoms with E-state index < -0.39 is 0 Å². The second-order valence-electron chi connectivity index (χ2n) is 2.94. The summed E-state index contributed by atoms with van der Waals surface area (Å²) in [4.78, 5) is 0. The Morgan fingerprint density at radius 3 is 2.12 bits per heavy atom. The van der Waals surface area contributed by atoms with Gasteiger partial charge in [-0.15, -0.1) is 0 Å². The van der Waals surface area contributed by atoms with Crippen LogP contribution in [0.25, 0.3) is 0 Å². The fraction of sp³-hybridized carbons (Fsp3) is 0.857. The molecule has 0 spiro atoms. The molecule has 0 bridgehead atoms. The van der Waals surface area contributed by atoms with E-state index in [4.69, 9.17) is 5.73 Å². The molecule has 0 saturated carbocycles. The van der Waals surface area contributed by atoms with Crippen LogP contribution in [0, 0.1) is 6.42 Å². The Labute approximate surface area is 52.3 Å². The molecule has 0 saturated heterocycles. The first-order chi connectivity index (χ1) is 3.56. The lowest BCUT2D eigenvalue weighted by Gasteiger charge is -2.16. The quantitative estimate of drug-likeness (QED) is 0.594. The van der Waals surface area contributed by atoms with E-state index in [1.54, 1.807) is 0 Å². The molecule has 0 aromatic heterocycles. The van der Waals surface area contributed by atoms with E-state index in [0.29, 0.717) is 0 Å². The molecular weight excluding hydrogens is 98.1 g/mol. The number of rotatable bonds is 3. The Bertz CT molecular complexity index is 51.9.